The van der Waals surface area contributed by atoms with Crippen LogP contribution >= 0.6 is 0 Å². The van der Waals surface area contributed by atoms with Crippen molar-refractivity contribution in [1.82, 2.24) is 0 Å². The molecule has 0 atom stereocenters. The van der Waals surface area contributed by atoms with E-state index >= 15 is 0 Å². The molecular formula is C20H19F3N2O4. The highest BCUT2D eigenvalue weighted by Gasteiger charge is 2.30. The molecule has 0 spiro atoms. The SMILES string of the molecule is CCOC(=O)CCC(=O)Nc1ccc(C(=O)Nc2cccc(C(F)(F)F)c2)cc1. The molecule has 6 nitrogen and oxygen atoms in total. The van der Waals surface area contributed by atoms with Crippen LogP contribution in [0.4, 0.5) is 24.5 Å². The summed E-state index contributed by atoms with van der Waals surface area (Å²) in [6.07, 6.45) is -4.60. The fourth-order valence-electron chi connectivity index (χ4n) is 2.35. The number of anilines is 2. The van der Waals surface area contributed by atoms with E-state index in [1.165, 1.54) is 36.4 Å². The molecule has 0 fully saturated rings. The number of rotatable bonds is 7. The number of hydrogen-bond acceptors (Lipinski definition) is 4. The smallest absolute Gasteiger partial charge is 0.416 e. The molecule has 2 amide bonds. The van der Waals surface area contributed by atoms with Crippen LogP contribution in [0.3, 0.4) is 0 Å². The van der Waals surface area contributed by atoms with Crippen LogP contribution in [0.2, 0.25) is 0 Å². The quantitative estimate of drug-likeness (QED) is 0.672. The number of hydrogen-bond donors (Lipinski definition) is 2. The van der Waals surface area contributed by atoms with Crippen molar-refractivity contribution in [2.45, 2.75) is 25.9 Å². The average Bonchev–Trinajstić information content (AvgIpc) is 2.67. The number of carbonyl (C=O) groups excluding carboxylic acids is 3. The summed E-state index contributed by atoms with van der Waals surface area (Å²) < 4.78 is 43.0. The number of nitrogens with one attached hydrogen (secondary N) is 2. The molecule has 0 radical (unpaired) electrons. The molecule has 0 aromatic heterocycles. The van der Waals surface area contributed by atoms with Crippen LogP contribution in [0, 0.1) is 0 Å². The van der Waals surface area contributed by atoms with E-state index < -0.39 is 23.6 Å². The van der Waals surface area contributed by atoms with Gasteiger partial charge in [-0.1, -0.05) is 6.07 Å². The second-order valence-corrected chi connectivity index (χ2v) is 5.96. The van der Waals surface area contributed by atoms with Crippen LogP contribution in [0.1, 0.15) is 35.7 Å². The number of ether oxygens (including phenoxy) is 1. The van der Waals surface area contributed by atoms with Crippen LogP contribution in [-0.2, 0) is 20.5 Å². The van der Waals surface area contributed by atoms with Gasteiger partial charge in [-0.25, -0.2) is 0 Å². The summed E-state index contributed by atoms with van der Waals surface area (Å²) >= 11 is 0. The fourth-order valence-corrected chi connectivity index (χ4v) is 2.35. The van der Waals surface area contributed by atoms with Gasteiger partial charge in [-0.15, -0.1) is 0 Å². The van der Waals surface area contributed by atoms with Crippen molar-refractivity contribution in [2.75, 3.05) is 17.2 Å². The van der Waals surface area contributed by atoms with E-state index in [2.05, 4.69) is 10.6 Å². The molecule has 2 N–H and O–H groups in total. The Balaban J connectivity index is 1.93. The van der Waals surface area contributed by atoms with Gasteiger partial charge in [0.05, 0.1) is 18.6 Å². The zero-order valence-electron chi connectivity index (χ0n) is 15.5. The van der Waals surface area contributed by atoms with E-state index in [1.54, 1.807) is 6.92 Å². The van der Waals surface area contributed by atoms with Gasteiger partial charge < -0.3 is 15.4 Å². The number of amides is 2. The zero-order valence-corrected chi connectivity index (χ0v) is 15.5. The van der Waals surface area contributed by atoms with E-state index in [4.69, 9.17) is 4.74 Å². The maximum absolute atomic E-state index is 12.7. The molecule has 0 unspecified atom stereocenters. The predicted octanol–water partition coefficient (Wildman–Crippen LogP) is 4.24. The minimum atomic E-state index is -4.51. The summed E-state index contributed by atoms with van der Waals surface area (Å²) in [5.41, 5.74) is -0.237. The largest absolute Gasteiger partial charge is 0.466 e. The molecule has 154 valence electrons. The predicted molar refractivity (Wildman–Crippen MR) is 100 cm³/mol. The Morgan fingerprint density at radius 1 is 0.931 bits per heavy atom. The minimum Gasteiger partial charge on any atom is -0.466 e. The number of carbonyl (C=O) groups is 3. The van der Waals surface area contributed by atoms with Gasteiger partial charge in [-0.3, -0.25) is 14.4 Å². The molecule has 2 aromatic carbocycles. The highest BCUT2D eigenvalue weighted by Crippen LogP contribution is 2.30. The zero-order chi connectivity index (χ0) is 21.4. The Morgan fingerprint density at radius 3 is 2.24 bits per heavy atom. The number of halogens is 3. The standard InChI is InChI=1S/C20H19F3N2O4/c1-2-29-18(27)11-10-17(26)24-15-8-6-13(7-9-15)19(28)25-16-5-3-4-14(12-16)20(21,22)23/h3-9,12H,2,10-11H2,1H3,(H,24,26)(H,25,28). The van der Waals surface area contributed by atoms with E-state index in [0.717, 1.165) is 12.1 Å². The fraction of sp³-hybridized carbons (Fsp3) is 0.250. The van der Waals surface area contributed by atoms with Crippen LogP contribution < -0.4 is 10.6 Å². The van der Waals surface area contributed by atoms with Crippen molar-refractivity contribution >= 4 is 29.2 Å². The second kappa shape index (κ2) is 9.72. The van der Waals surface area contributed by atoms with Crippen molar-refractivity contribution in [3.63, 3.8) is 0 Å². The maximum atomic E-state index is 12.7. The van der Waals surface area contributed by atoms with Crippen molar-refractivity contribution in [2.24, 2.45) is 0 Å². The first-order chi connectivity index (χ1) is 13.7. The first-order valence-corrected chi connectivity index (χ1v) is 8.73. The van der Waals surface area contributed by atoms with Gasteiger partial charge in [-0.05, 0) is 49.4 Å². The molecule has 9 heteroatoms. The summed E-state index contributed by atoms with van der Waals surface area (Å²) in [4.78, 5) is 35.3. The second-order valence-electron chi connectivity index (χ2n) is 5.96. The lowest BCUT2D eigenvalue weighted by Gasteiger charge is -2.10. The minimum absolute atomic E-state index is 0.0150. The Morgan fingerprint density at radius 2 is 1.62 bits per heavy atom. The lowest BCUT2D eigenvalue weighted by molar-refractivity contribution is -0.144. The van der Waals surface area contributed by atoms with E-state index in [0.29, 0.717) is 5.69 Å². The molecule has 0 bridgehead atoms. The Labute approximate surface area is 165 Å². The monoisotopic (exact) mass is 408 g/mol. The summed E-state index contributed by atoms with van der Waals surface area (Å²) in [5, 5.41) is 4.97. The van der Waals surface area contributed by atoms with Crippen molar-refractivity contribution < 1.29 is 32.3 Å². The Kier molecular flexibility index (Phi) is 7.35. The first kappa shape index (κ1) is 21.9. The van der Waals surface area contributed by atoms with Gasteiger partial charge in [-0.2, -0.15) is 13.2 Å². The van der Waals surface area contributed by atoms with Gasteiger partial charge in [0, 0.05) is 23.4 Å². The lowest BCUT2D eigenvalue weighted by atomic mass is 10.1. The molecule has 2 rings (SSSR count). The van der Waals surface area contributed by atoms with Crippen LogP contribution in [0.15, 0.2) is 48.5 Å². The van der Waals surface area contributed by atoms with E-state index in [9.17, 15) is 27.6 Å². The summed E-state index contributed by atoms with van der Waals surface area (Å²) in [6, 6.07) is 10.1. The number of benzene rings is 2. The third kappa shape index (κ3) is 6.95. The molecule has 0 heterocycles. The third-order valence-electron chi connectivity index (χ3n) is 3.74. The number of alkyl halides is 3. The van der Waals surface area contributed by atoms with Crippen molar-refractivity contribution in [3.05, 3.63) is 59.7 Å². The summed E-state index contributed by atoms with van der Waals surface area (Å²) in [7, 11) is 0. The topological polar surface area (TPSA) is 84.5 Å². The number of esters is 1. The van der Waals surface area contributed by atoms with Crippen molar-refractivity contribution in [3.8, 4) is 0 Å². The molecular weight excluding hydrogens is 389 g/mol. The van der Waals surface area contributed by atoms with E-state index in [-0.39, 0.29) is 36.6 Å². The van der Waals surface area contributed by atoms with Gasteiger partial charge in [0.1, 0.15) is 0 Å². The molecule has 2 aromatic rings. The molecule has 0 saturated carbocycles. The molecule has 0 saturated heterocycles. The molecule has 0 aliphatic rings. The lowest BCUT2D eigenvalue weighted by Crippen LogP contribution is -2.15. The van der Waals surface area contributed by atoms with Crippen LogP contribution in [0.5, 0.6) is 0 Å². The summed E-state index contributed by atoms with van der Waals surface area (Å²) in [5.74, 6) is -1.45. The van der Waals surface area contributed by atoms with Gasteiger partial charge >= 0.3 is 12.1 Å². The maximum Gasteiger partial charge on any atom is 0.416 e. The van der Waals surface area contributed by atoms with Crippen LogP contribution in [-0.4, -0.2) is 24.4 Å². The van der Waals surface area contributed by atoms with Gasteiger partial charge in [0.25, 0.3) is 5.91 Å². The first-order valence-electron chi connectivity index (χ1n) is 8.73. The normalized spacial score (nSPS) is 10.9. The Bertz CT molecular complexity index is 880. The molecule has 0 aliphatic heterocycles. The highest BCUT2D eigenvalue weighted by atomic mass is 19.4. The van der Waals surface area contributed by atoms with E-state index in [1.807, 2.05) is 0 Å². The third-order valence-corrected chi connectivity index (χ3v) is 3.74. The molecule has 29 heavy (non-hydrogen) atoms. The Hall–Kier alpha value is -3.36. The van der Waals surface area contributed by atoms with Crippen molar-refractivity contribution in [1.29, 1.82) is 0 Å². The van der Waals surface area contributed by atoms with Gasteiger partial charge in [0.15, 0.2) is 0 Å². The average molecular weight is 408 g/mol. The summed E-state index contributed by atoms with van der Waals surface area (Å²) in [6.45, 7) is 1.91. The van der Waals surface area contributed by atoms with Gasteiger partial charge in [0.2, 0.25) is 5.91 Å². The molecule has 0 aliphatic carbocycles. The van der Waals surface area contributed by atoms with Crippen LogP contribution in [0.25, 0.3) is 0 Å². The highest BCUT2D eigenvalue weighted by molar-refractivity contribution is 6.04.